The summed E-state index contributed by atoms with van der Waals surface area (Å²) in [5.41, 5.74) is 2.17. The molecule has 4 aliphatic carbocycles. The average Bonchev–Trinajstić information content (AvgIpc) is 2.66. The second-order valence-corrected chi connectivity index (χ2v) is 13.5. The Hall–Kier alpha value is -0.530. The number of hydrogen-bond donors (Lipinski definition) is 0. The van der Waals surface area contributed by atoms with Crippen LogP contribution in [0.2, 0.25) is 0 Å². The van der Waals surface area contributed by atoms with Crippen molar-refractivity contribution < 1.29 is 9.53 Å². The molecule has 4 saturated carbocycles. The van der Waals surface area contributed by atoms with Crippen molar-refractivity contribution in [3.63, 3.8) is 0 Å². The quantitative estimate of drug-likeness (QED) is 0.439. The van der Waals surface area contributed by atoms with Crippen molar-refractivity contribution in [2.45, 2.75) is 119 Å². The van der Waals surface area contributed by atoms with E-state index in [4.69, 9.17) is 4.74 Å². The molecule has 0 radical (unpaired) electrons. The van der Waals surface area contributed by atoms with Gasteiger partial charge in [0.1, 0.15) is 0 Å². The predicted octanol–water partition coefficient (Wildman–Crippen LogP) is 7.80. The first-order valence-corrected chi connectivity index (χ1v) is 13.0. The fraction of sp³-hybridized carbons (Fsp3) is 0.964. The number of methoxy groups -OCH3 is 1. The second kappa shape index (κ2) is 7.24. The zero-order valence-electron chi connectivity index (χ0n) is 21.0. The lowest BCUT2D eigenvalue weighted by molar-refractivity contribution is -0.235. The lowest BCUT2D eigenvalue weighted by Crippen LogP contribution is -2.65. The Labute approximate surface area is 186 Å². The van der Waals surface area contributed by atoms with E-state index in [-0.39, 0.29) is 5.97 Å². The van der Waals surface area contributed by atoms with Gasteiger partial charge in [-0.15, -0.1) is 0 Å². The molecule has 0 amide bonds. The van der Waals surface area contributed by atoms with Crippen LogP contribution in [0.25, 0.3) is 0 Å². The van der Waals surface area contributed by atoms with Crippen LogP contribution >= 0.6 is 0 Å². The van der Waals surface area contributed by atoms with Gasteiger partial charge in [-0.25, -0.2) is 0 Å². The number of esters is 1. The number of ether oxygens (including phenoxy) is 1. The maximum Gasteiger partial charge on any atom is 0.305 e. The number of rotatable bonds is 3. The summed E-state index contributed by atoms with van der Waals surface area (Å²) in [5.74, 6) is 2.49. The van der Waals surface area contributed by atoms with Crippen LogP contribution in [0.4, 0.5) is 0 Å². The second-order valence-electron chi connectivity index (χ2n) is 13.5. The van der Waals surface area contributed by atoms with Gasteiger partial charge in [-0.3, -0.25) is 4.79 Å². The van der Waals surface area contributed by atoms with Crippen LogP contribution < -0.4 is 0 Å². The Morgan fingerprint density at radius 1 is 0.767 bits per heavy atom. The highest BCUT2D eigenvalue weighted by molar-refractivity contribution is 5.69. The van der Waals surface area contributed by atoms with E-state index in [2.05, 4.69) is 41.5 Å². The molecule has 172 valence electrons. The summed E-state index contributed by atoms with van der Waals surface area (Å²) < 4.78 is 5.01. The van der Waals surface area contributed by atoms with Crippen LogP contribution in [0.15, 0.2) is 0 Å². The number of hydrogen-bond acceptors (Lipinski definition) is 2. The molecule has 0 heterocycles. The van der Waals surface area contributed by atoms with E-state index in [0.29, 0.717) is 33.5 Å². The summed E-state index contributed by atoms with van der Waals surface area (Å²) in [4.78, 5) is 12.0. The van der Waals surface area contributed by atoms with Crippen molar-refractivity contribution in [1.82, 2.24) is 0 Å². The molecule has 7 atom stereocenters. The third-order valence-corrected chi connectivity index (χ3v) is 12.0. The predicted molar refractivity (Wildman–Crippen MR) is 124 cm³/mol. The van der Waals surface area contributed by atoms with Crippen molar-refractivity contribution in [1.29, 1.82) is 0 Å². The molecule has 4 fully saturated rings. The Morgan fingerprint density at radius 2 is 1.40 bits per heavy atom. The summed E-state index contributed by atoms with van der Waals surface area (Å²) in [5, 5.41) is 0. The smallest absolute Gasteiger partial charge is 0.305 e. The molecule has 0 spiro atoms. The number of fused-ring (bicyclic) bond motifs is 5. The highest BCUT2D eigenvalue weighted by Gasteiger charge is 2.67. The van der Waals surface area contributed by atoms with Crippen LogP contribution in [0, 0.1) is 44.8 Å². The summed E-state index contributed by atoms with van der Waals surface area (Å²) in [6.45, 7) is 15.7. The van der Waals surface area contributed by atoms with E-state index in [1.807, 2.05) is 0 Å². The van der Waals surface area contributed by atoms with Gasteiger partial charge in [0.05, 0.1) is 7.11 Å². The van der Waals surface area contributed by atoms with Crippen molar-refractivity contribution in [3.05, 3.63) is 0 Å². The third-order valence-electron chi connectivity index (χ3n) is 12.0. The van der Waals surface area contributed by atoms with Crippen molar-refractivity contribution in [2.24, 2.45) is 44.8 Å². The fourth-order valence-electron chi connectivity index (χ4n) is 10.4. The maximum atomic E-state index is 12.0. The molecule has 0 saturated heterocycles. The van der Waals surface area contributed by atoms with Gasteiger partial charge < -0.3 is 4.74 Å². The molecule has 0 aromatic carbocycles. The van der Waals surface area contributed by atoms with Gasteiger partial charge in [0.2, 0.25) is 0 Å². The molecule has 0 aliphatic heterocycles. The minimum Gasteiger partial charge on any atom is -0.469 e. The number of carbonyl (C=O) groups excluding carboxylic acids is 1. The normalized spacial score (nSPS) is 50.0. The van der Waals surface area contributed by atoms with Crippen LogP contribution in [-0.2, 0) is 9.53 Å². The van der Waals surface area contributed by atoms with Gasteiger partial charge in [0.15, 0.2) is 0 Å². The Bertz CT molecular complexity index is 682. The van der Waals surface area contributed by atoms with Crippen LogP contribution in [0.1, 0.15) is 119 Å². The minimum atomic E-state index is -0.0270. The zero-order valence-corrected chi connectivity index (χ0v) is 21.0. The van der Waals surface area contributed by atoms with E-state index >= 15 is 0 Å². The largest absolute Gasteiger partial charge is 0.469 e. The molecule has 0 bridgehead atoms. The van der Waals surface area contributed by atoms with Crippen LogP contribution in [0.5, 0.6) is 0 Å². The third kappa shape index (κ3) is 3.05. The van der Waals surface area contributed by atoms with Gasteiger partial charge in [0.25, 0.3) is 0 Å². The van der Waals surface area contributed by atoms with Crippen molar-refractivity contribution in [3.8, 4) is 0 Å². The van der Waals surface area contributed by atoms with Crippen LogP contribution in [0.3, 0.4) is 0 Å². The SMILES string of the molecule is COC(=O)CC[C@@]1(C)CCC[C@]2(C)[C@@H]1CC[C@@H]1[C@@]3(C)CCCC(C)(C)[C@@H]3CC[C@]12C. The first-order valence-electron chi connectivity index (χ1n) is 13.0. The van der Waals surface area contributed by atoms with Gasteiger partial charge in [-0.1, -0.05) is 54.4 Å². The zero-order chi connectivity index (χ0) is 22.0. The van der Waals surface area contributed by atoms with Crippen molar-refractivity contribution >= 4 is 5.97 Å². The summed E-state index contributed by atoms with van der Waals surface area (Å²) >= 11 is 0. The first-order chi connectivity index (χ1) is 13.9. The van der Waals surface area contributed by atoms with Gasteiger partial charge in [-0.2, -0.15) is 0 Å². The molecule has 30 heavy (non-hydrogen) atoms. The lowest BCUT2D eigenvalue weighted by Gasteiger charge is -2.72. The van der Waals surface area contributed by atoms with Crippen molar-refractivity contribution in [2.75, 3.05) is 7.11 Å². The molecule has 0 N–H and O–H groups in total. The lowest BCUT2D eigenvalue weighted by atomic mass is 9.32. The molecule has 0 unspecified atom stereocenters. The maximum absolute atomic E-state index is 12.0. The summed E-state index contributed by atoms with van der Waals surface area (Å²) in [6, 6.07) is 0. The highest BCUT2D eigenvalue weighted by Crippen LogP contribution is 2.75. The average molecular weight is 417 g/mol. The molecular weight excluding hydrogens is 368 g/mol. The van der Waals surface area contributed by atoms with E-state index in [1.54, 1.807) is 0 Å². The fourth-order valence-corrected chi connectivity index (χ4v) is 10.4. The van der Waals surface area contributed by atoms with Gasteiger partial charge >= 0.3 is 5.97 Å². The summed E-state index contributed by atoms with van der Waals surface area (Å²) in [7, 11) is 1.53. The molecule has 4 rings (SSSR count). The van der Waals surface area contributed by atoms with Gasteiger partial charge in [-0.05, 0) is 103 Å². The standard InChI is InChI=1S/C28H48O2/c1-24(2)14-8-16-26(4)20(24)12-19-28(6)22(26)11-10-21-25(3,18-13-23(29)30-7)15-9-17-27(21,28)5/h20-22H,8-19H2,1-7H3/t20-,21+,22+,25+,26-,27+,28+/m0/s1. The minimum absolute atomic E-state index is 0.0270. The summed E-state index contributed by atoms with van der Waals surface area (Å²) in [6.07, 6.45) is 15.5. The van der Waals surface area contributed by atoms with E-state index in [9.17, 15) is 4.79 Å². The monoisotopic (exact) mass is 416 g/mol. The molecule has 4 aliphatic rings. The van der Waals surface area contributed by atoms with E-state index in [1.165, 1.54) is 71.3 Å². The molecular formula is C28H48O2. The Balaban J connectivity index is 1.67. The molecule has 0 aromatic heterocycles. The number of carbonyl (C=O) groups is 1. The van der Waals surface area contributed by atoms with E-state index < -0.39 is 0 Å². The molecule has 2 heteroatoms. The topological polar surface area (TPSA) is 26.3 Å². The molecule has 2 nitrogen and oxygen atoms in total. The molecule has 0 aromatic rings. The highest BCUT2D eigenvalue weighted by atomic mass is 16.5. The van der Waals surface area contributed by atoms with Gasteiger partial charge in [0, 0.05) is 6.42 Å². The Kier molecular flexibility index (Phi) is 5.47. The first kappa shape index (κ1) is 22.7. The Morgan fingerprint density at radius 3 is 2.10 bits per heavy atom. The van der Waals surface area contributed by atoms with E-state index in [0.717, 1.165) is 24.2 Å². The van der Waals surface area contributed by atoms with Crippen LogP contribution in [-0.4, -0.2) is 13.1 Å².